The Hall–Kier alpha value is -1.96. The first-order valence-electron chi connectivity index (χ1n) is 8.64. The van der Waals surface area contributed by atoms with Gasteiger partial charge in [0.2, 0.25) is 0 Å². The van der Waals surface area contributed by atoms with Crippen molar-refractivity contribution in [2.75, 3.05) is 13.1 Å². The Morgan fingerprint density at radius 2 is 2.12 bits per heavy atom. The highest BCUT2D eigenvalue weighted by molar-refractivity contribution is 7.92. The molecule has 1 aromatic carbocycles. The molecular weight excluding hydrogens is 366 g/mol. The lowest BCUT2D eigenvalue weighted by atomic mass is 9.95. The van der Waals surface area contributed by atoms with Crippen molar-refractivity contribution < 1.29 is 8.42 Å². The van der Waals surface area contributed by atoms with Crippen molar-refractivity contribution in [1.82, 2.24) is 14.7 Å². The molecule has 0 amide bonds. The van der Waals surface area contributed by atoms with Crippen molar-refractivity contribution in [2.45, 2.75) is 22.6 Å². The molecule has 0 bridgehead atoms. The molecule has 5 rings (SSSR count). The SMILES string of the molecule is Cn1cc(-c2ccc3c(c2)[C@H]2CN(Cc4cccs4)C[C@@H]2S3(=O)=O)cn1. The predicted molar refractivity (Wildman–Crippen MR) is 102 cm³/mol. The van der Waals surface area contributed by atoms with Crippen LogP contribution in [0.25, 0.3) is 11.1 Å². The minimum atomic E-state index is -3.25. The van der Waals surface area contributed by atoms with Crippen molar-refractivity contribution in [3.63, 3.8) is 0 Å². The first kappa shape index (κ1) is 16.2. The number of aromatic nitrogens is 2. The number of fused-ring (bicyclic) bond motifs is 3. The van der Waals surface area contributed by atoms with Gasteiger partial charge in [-0.3, -0.25) is 9.58 Å². The maximum absolute atomic E-state index is 13.0. The Morgan fingerprint density at radius 1 is 1.23 bits per heavy atom. The van der Waals surface area contributed by atoms with Gasteiger partial charge in [-0.2, -0.15) is 5.10 Å². The third-order valence-corrected chi connectivity index (χ3v) is 8.57. The van der Waals surface area contributed by atoms with Crippen molar-refractivity contribution >= 4 is 21.2 Å². The van der Waals surface area contributed by atoms with Crippen molar-refractivity contribution in [1.29, 1.82) is 0 Å². The van der Waals surface area contributed by atoms with Crippen molar-refractivity contribution in [2.24, 2.45) is 7.05 Å². The molecule has 7 heteroatoms. The van der Waals surface area contributed by atoms with Crippen molar-refractivity contribution in [3.05, 3.63) is 58.5 Å². The number of hydrogen-bond donors (Lipinski definition) is 0. The van der Waals surface area contributed by atoms with Gasteiger partial charge in [0.1, 0.15) is 0 Å². The van der Waals surface area contributed by atoms with Gasteiger partial charge < -0.3 is 0 Å². The third-order valence-electron chi connectivity index (χ3n) is 5.45. The molecule has 2 aliphatic heterocycles. The highest BCUT2D eigenvalue weighted by atomic mass is 32.2. The zero-order chi connectivity index (χ0) is 17.9. The molecule has 0 radical (unpaired) electrons. The van der Waals surface area contributed by atoms with Gasteiger partial charge >= 0.3 is 0 Å². The molecule has 0 spiro atoms. The fourth-order valence-corrected chi connectivity index (χ4v) is 7.17. The molecule has 2 aromatic heterocycles. The molecular formula is C19H19N3O2S2. The van der Waals surface area contributed by atoms with E-state index in [4.69, 9.17) is 0 Å². The summed E-state index contributed by atoms with van der Waals surface area (Å²) >= 11 is 1.73. The van der Waals surface area contributed by atoms with Gasteiger partial charge in [0.05, 0.1) is 16.3 Å². The zero-order valence-corrected chi connectivity index (χ0v) is 16.0. The number of aryl methyl sites for hydroxylation is 1. The fraction of sp³-hybridized carbons (Fsp3) is 0.316. The Bertz CT molecular complexity index is 1070. The lowest BCUT2D eigenvalue weighted by molar-refractivity contribution is 0.328. The molecule has 134 valence electrons. The molecule has 26 heavy (non-hydrogen) atoms. The van der Waals surface area contributed by atoms with Crippen LogP contribution in [0.4, 0.5) is 0 Å². The van der Waals surface area contributed by atoms with Gasteiger partial charge in [-0.15, -0.1) is 11.3 Å². The predicted octanol–water partition coefficient (Wildman–Crippen LogP) is 2.90. The summed E-state index contributed by atoms with van der Waals surface area (Å²) in [5.41, 5.74) is 3.03. The number of hydrogen-bond acceptors (Lipinski definition) is 5. The summed E-state index contributed by atoms with van der Waals surface area (Å²) in [6.07, 6.45) is 3.78. The number of rotatable bonds is 3. The van der Waals surface area contributed by atoms with Gasteiger partial charge in [0.25, 0.3) is 0 Å². The monoisotopic (exact) mass is 385 g/mol. The van der Waals surface area contributed by atoms with E-state index in [1.54, 1.807) is 22.1 Å². The average Bonchev–Trinajstić information content (AvgIpc) is 3.37. The summed E-state index contributed by atoms with van der Waals surface area (Å²) in [6.45, 7) is 2.24. The number of sulfone groups is 1. The summed E-state index contributed by atoms with van der Waals surface area (Å²) in [5.74, 6) is 0.0617. The van der Waals surface area contributed by atoms with E-state index < -0.39 is 9.84 Å². The maximum atomic E-state index is 13.0. The van der Waals surface area contributed by atoms with Crippen LogP contribution in [0.1, 0.15) is 16.4 Å². The molecule has 2 aliphatic rings. The Balaban J connectivity index is 1.50. The van der Waals surface area contributed by atoms with Crippen LogP contribution in [0.15, 0.2) is 53.0 Å². The minimum absolute atomic E-state index is 0.0617. The van der Waals surface area contributed by atoms with E-state index in [2.05, 4.69) is 27.5 Å². The van der Waals surface area contributed by atoms with Crippen molar-refractivity contribution in [3.8, 4) is 11.1 Å². The van der Waals surface area contributed by atoms with Crippen LogP contribution < -0.4 is 0 Å². The summed E-state index contributed by atoms with van der Waals surface area (Å²) < 4.78 is 27.8. The molecule has 3 aromatic rings. The summed E-state index contributed by atoms with van der Waals surface area (Å²) in [5, 5.41) is 5.98. The molecule has 1 fully saturated rings. The Kier molecular flexibility index (Phi) is 3.60. The van der Waals surface area contributed by atoms with Crippen LogP contribution in [0, 0.1) is 0 Å². The topological polar surface area (TPSA) is 55.2 Å². The second-order valence-corrected chi connectivity index (χ2v) is 10.3. The molecule has 4 heterocycles. The van der Waals surface area contributed by atoms with Crippen LogP contribution >= 0.6 is 11.3 Å². The Morgan fingerprint density at radius 3 is 2.85 bits per heavy atom. The first-order valence-corrected chi connectivity index (χ1v) is 11.1. The molecule has 0 saturated carbocycles. The van der Waals surface area contributed by atoms with Gasteiger partial charge in [0, 0.05) is 49.2 Å². The fourth-order valence-electron chi connectivity index (χ4n) is 4.23. The second kappa shape index (κ2) is 5.77. The highest BCUT2D eigenvalue weighted by Crippen LogP contribution is 2.46. The van der Waals surface area contributed by atoms with Crippen LogP contribution in [0.3, 0.4) is 0 Å². The zero-order valence-electron chi connectivity index (χ0n) is 14.4. The maximum Gasteiger partial charge on any atom is 0.183 e. The van der Waals surface area contributed by atoms with Gasteiger partial charge in [-0.1, -0.05) is 12.1 Å². The summed E-state index contributed by atoms with van der Waals surface area (Å²) in [6, 6.07) is 9.90. The number of thiophene rings is 1. The van der Waals surface area contributed by atoms with E-state index in [1.807, 2.05) is 31.6 Å². The summed E-state index contributed by atoms with van der Waals surface area (Å²) in [4.78, 5) is 4.08. The molecule has 5 nitrogen and oxygen atoms in total. The van der Waals surface area contributed by atoms with E-state index >= 15 is 0 Å². The standard InChI is InChI=1S/C19H19N3O2S2/c1-21-9-14(8-20-21)13-4-5-18-16(7-13)17-11-22(10-15-3-2-6-25-15)12-19(17)26(18,23)24/h2-9,17,19H,10-12H2,1H3/t17-,19+/m1/s1. The van der Waals surface area contributed by atoms with E-state index in [9.17, 15) is 8.42 Å². The van der Waals surface area contributed by atoms with E-state index in [1.165, 1.54) is 4.88 Å². The lowest BCUT2D eigenvalue weighted by Crippen LogP contribution is -2.25. The molecule has 2 atom stereocenters. The summed E-state index contributed by atoms with van der Waals surface area (Å²) in [7, 11) is -1.36. The van der Waals surface area contributed by atoms with Gasteiger partial charge in [-0.05, 0) is 34.7 Å². The minimum Gasteiger partial charge on any atom is -0.296 e. The second-order valence-electron chi connectivity index (χ2n) is 7.12. The molecule has 1 saturated heterocycles. The van der Waals surface area contributed by atoms with E-state index in [-0.39, 0.29) is 11.2 Å². The molecule has 0 aliphatic carbocycles. The van der Waals surface area contributed by atoms with Gasteiger partial charge in [-0.25, -0.2) is 8.42 Å². The van der Waals surface area contributed by atoms with Crippen LogP contribution in [0.2, 0.25) is 0 Å². The quantitative estimate of drug-likeness (QED) is 0.696. The highest BCUT2D eigenvalue weighted by Gasteiger charge is 2.50. The van der Waals surface area contributed by atoms with Crippen LogP contribution in [-0.4, -0.2) is 41.4 Å². The van der Waals surface area contributed by atoms with Gasteiger partial charge in [0.15, 0.2) is 9.84 Å². The number of nitrogens with zero attached hydrogens (tertiary/aromatic N) is 3. The normalized spacial score (nSPS) is 23.9. The smallest absolute Gasteiger partial charge is 0.183 e. The average molecular weight is 386 g/mol. The lowest BCUT2D eigenvalue weighted by Gasteiger charge is -2.16. The number of likely N-dealkylation sites (tertiary alicyclic amines) is 1. The first-order chi connectivity index (χ1) is 12.5. The number of benzene rings is 1. The van der Waals surface area contributed by atoms with E-state index in [0.717, 1.165) is 29.8 Å². The molecule has 0 unspecified atom stereocenters. The van der Waals surface area contributed by atoms with Crippen LogP contribution in [-0.2, 0) is 23.4 Å². The largest absolute Gasteiger partial charge is 0.296 e. The third kappa shape index (κ3) is 2.46. The van der Waals surface area contributed by atoms with E-state index in [0.29, 0.717) is 11.4 Å². The van der Waals surface area contributed by atoms with Crippen LogP contribution in [0.5, 0.6) is 0 Å². The Labute approximate surface area is 156 Å². The molecule has 0 N–H and O–H groups in total.